The molecule has 0 aliphatic carbocycles. The van der Waals surface area contributed by atoms with Gasteiger partial charge in [0, 0.05) is 6.07 Å². The molecule has 0 aliphatic rings. The number of hydrogen-bond donors (Lipinski definition) is 1. The maximum absolute atomic E-state index is 12.5. The van der Waals surface area contributed by atoms with Crippen LogP contribution in [-0.2, 0) is 4.79 Å². The number of thioether (sulfide) groups is 1. The van der Waals surface area contributed by atoms with Gasteiger partial charge in [0.1, 0.15) is 12.0 Å². The molecule has 0 saturated heterocycles. The Morgan fingerprint density at radius 2 is 1.93 bits per heavy atom. The first-order valence-corrected chi connectivity index (χ1v) is 9.02. The lowest BCUT2D eigenvalue weighted by atomic mass is 10.2. The van der Waals surface area contributed by atoms with Gasteiger partial charge < -0.3 is 5.32 Å². The Balaban J connectivity index is 1.76. The Bertz CT molecular complexity index is 988. The number of aromatic nitrogens is 3. The van der Waals surface area contributed by atoms with E-state index in [0.717, 1.165) is 11.3 Å². The number of nitrogens with one attached hydrogen (secondary N) is 1. The molecule has 0 bridgehead atoms. The van der Waals surface area contributed by atoms with E-state index in [-0.39, 0.29) is 17.3 Å². The van der Waals surface area contributed by atoms with E-state index >= 15 is 0 Å². The second-order valence-corrected chi connectivity index (χ2v) is 7.10. The fraction of sp³-hybridized carbons (Fsp3) is 0.167. The number of nitrogens with zero attached hydrogens (tertiary/aromatic N) is 4. The predicted octanol–water partition coefficient (Wildman–Crippen LogP) is 3.60. The highest BCUT2D eigenvalue weighted by molar-refractivity contribution is 8.00. The van der Waals surface area contributed by atoms with Crippen molar-refractivity contribution in [3.8, 4) is 5.69 Å². The molecule has 1 amide bonds. The number of anilines is 1. The van der Waals surface area contributed by atoms with Crippen LogP contribution in [0.1, 0.15) is 12.5 Å². The molecule has 9 heteroatoms. The Labute approximate surface area is 159 Å². The summed E-state index contributed by atoms with van der Waals surface area (Å²) in [5.74, 6) is -0.353. The number of hydrogen-bond acceptors (Lipinski definition) is 6. The second-order valence-electron chi connectivity index (χ2n) is 5.79. The molecule has 3 aromatic rings. The molecule has 0 fully saturated rings. The van der Waals surface area contributed by atoms with Crippen LogP contribution < -0.4 is 5.32 Å². The number of nitro benzene ring substituents is 1. The van der Waals surface area contributed by atoms with Crippen molar-refractivity contribution in [3.05, 3.63) is 70.5 Å². The number of carbonyl (C=O) groups excluding carboxylic acids is 1. The summed E-state index contributed by atoms with van der Waals surface area (Å²) in [5, 5.41) is 21.8. The molecule has 0 unspecified atom stereocenters. The maximum atomic E-state index is 12.5. The van der Waals surface area contributed by atoms with Crippen LogP contribution in [0.2, 0.25) is 0 Å². The summed E-state index contributed by atoms with van der Waals surface area (Å²) >= 11 is 1.23. The number of carbonyl (C=O) groups is 1. The number of amides is 1. The highest BCUT2D eigenvalue weighted by Gasteiger charge is 2.22. The fourth-order valence-electron chi connectivity index (χ4n) is 2.49. The molecule has 0 saturated carbocycles. The molecule has 1 N–H and O–H groups in total. The summed E-state index contributed by atoms with van der Waals surface area (Å²) in [6, 6.07) is 13.8. The van der Waals surface area contributed by atoms with Crippen LogP contribution >= 0.6 is 11.8 Å². The third-order valence-electron chi connectivity index (χ3n) is 3.90. The number of aryl methyl sites for hydroxylation is 1. The van der Waals surface area contributed by atoms with E-state index in [1.807, 2.05) is 35.8 Å². The number of rotatable bonds is 6. The van der Waals surface area contributed by atoms with Crippen molar-refractivity contribution in [2.75, 3.05) is 5.32 Å². The molecule has 0 radical (unpaired) electrons. The second kappa shape index (κ2) is 8.00. The van der Waals surface area contributed by atoms with Gasteiger partial charge in [0.05, 0.1) is 15.9 Å². The van der Waals surface area contributed by atoms with Crippen molar-refractivity contribution < 1.29 is 9.72 Å². The summed E-state index contributed by atoms with van der Waals surface area (Å²) in [6.45, 7) is 3.69. The molecular weight excluding hydrogens is 366 g/mol. The smallest absolute Gasteiger partial charge is 0.292 e. The Morgan fingerprint density at radius 3 is 2.67 bits per heavy atom. The van der Waals surface area contributed by atoms with Gasteiger partial charge in [0.15, 0.2) is 5.16 Å². The first kappa shape index (κ1) is 18.6. The van der Waals surface area contributed by atoms with E-state index in [4.69, 9.17) is 0 Å². The van der Waals surface area contributed by atoms with Crippen LogP contribution in [0.15, 0.2) is 60.0 Å². The first-order valence-electron chi connectivity index (χ1n) is 8.14. The van der Waals surface area contributed by atoms with E-state index in [1.165, 1.54) is 23.9 Å². The fourth-order valence-corrected chi connectivity index (χ4v) is 3.32. The largest absolute Gasteiger partial charge is 0.319 e. The van der Waals surface area contributed by atoms with E-state index in [1.54, 1.807) is 25.4 Å². The molecule has 8 nitrogen and oxygen atoms in total. The van der Waals surface area contributed by atoms with E-state index in [2.05, 4.69) is 15.5 Å². The van der Waals surface area contributed by atoms with Crippen molar-refractivity contribution in [3.63, 3.8) is 0 Å². The summed E-state index contributed by atoms with van der Waals surface area (Å²) in [6.07, 6.45) is 1.59. The third-order valence-corrected chi connectivity index (χ3v) is 4.96. The molecule has 1 aromatic heterocycles. The minimum atomic E-state index is -0.531. The molecule has 0 spiro atoms. The SMILES string of the molecule is Cc1ccccc1-n1cnnc1S[C@@H](C)C(=O)Nc1ccccc1[N+](=O)[O-]. The third kappa shape index (κ3) is 4.14. The van der Waals surface area contributed by atoms with Crippen molar-refractivity contribution in [1.82, 2.24) is 14.8 Å². The van der Waals surface area contributed by atoms with Gasteiger partial charge in [-0.25, -0.2) is 0 Å². The minimum Gasteiger partial charge on any atom is -0.319 e. The lowest BCUT2D eigenvalue weighted by Gasteiger charge is -2.13. The van der Waals surface area contributed by atoms with Gasteiger partial charge >= 0.3 is 0 Å². The Hall–Kier alpha value is -3.20. The minimum absolute atomic E-state index is 0.147. The highest BCUT2D eigenvalue weighted by Crippen LogP contribution is 2.28. The van der Waals surface area contributed by atoms with Gasteiger partial charge in [-0.3, -0.25) is 19.5 Å². The van der Waals surface area contributed by atoms with Gasteiger partial charge in [0.25, 0.3) is 5.69 Å². The zero-order valence-corrected chi connectivity index (χ0v) is 15.5. The molecular formula is C18H17N5O3S. The van der Waals surface area contributed by atoms with E-state index in [9.17, 15) is 14.9 Å². The van der Waals surface area contributed by atoms with Gasteiger partial charge in [-0.2, -0.15) is 0 Å². The number of nitro groups is 1. The van der Waals surface area contributed by atoms with E-state index < -0.39 is 10.2 Å². The standard InChI is InChI=1S/C18H17N5O3S/c1-12-7-3-5-9-15(12)22-11-19-21-18(22)27-13(2)17(24)20-14-8-4-6-10-16(14)23(25)26/h3-11,13H,1-2H3,(H,20,24)/t13-/m0/s1. The normalized spacial score (nSPS) is 11.8. The summed E-state index contributed by atoms with van der Waals surface area (Å²) < 4.78 is 1.81. The average Bonchev–Trinajstić information content (AvgIpc) is 3.10. The summed E-state index contributed by atoms with van der Waals surface area (Å²) in [4.78, 5) is 23.1. The molecule has 138 valence electrons. The lowest BCUT2D eigenvalue weighted by Crippen LogP contribution is -2.23. The van der Waals surface area contributed by atoms with Gasteiger partial charge in [-0.05, 0) is 31.5 Å². The topological polar surface area (TPSA) is 103 Å². The van der Waals surface area contributed by atoms with Crippen LogP contribution in [0, 0.1) is 17.0 Å². The zero-order chi connectivity index (χ0) is 19.4. The first-order chi connectivity index (χ1) is 13.0. The Morgan fingerprint density at radius 1 is 1.22 bits per heavy atom. The van der Waals surface area contributed by atoms with Gasteiger partial charge in [-0.1, -0.05) is 42.1 Å². The van der Waals surface area contributed by atoms with E-state index in [0.29, 0.717) is 5.16 Å². The van der Waals surface area contributed by atoms with Gasteiger partial charge in [0.2, 0.25) is 5.91 Å². The molecule has 3 rings (SSSR count). The Kier molecular flexibility index (Phi) is 5.51. The monoisotopic (exact) mass is 383 g/mol. The number of benzene rings is 2. The van der Waals surface area contributed by atoms with Crippen LogP contribution in [0.4, 0.5) is 11.4 Å². The molecule has 1 atom stereocenters. The molecule has 27 heavy (non-hydrogen) atoms. The van der Waals surface area contributed by atoms with Gasteiger partial charge in [-0.15, -0.1) is 10.2 Å². The van der Waals surface area contributed by atoms with Crippen molar-refractivity contribution in [1.29, 1.82) is 0 Å². The van der Waals surface area contributed by atoms with Crippen LogP contribution in [-0.4, -0.2) is 30.8 Å². The zero-order valence-electron chi connectivity index (χ0n) is 14.7. The quantitative estimate of drug-likeness (QED) is 0.396. The highest BCUT2D eigenvalue weighted by atomic mass is 32.2. The molecule has 2 aromatic carbocycles. The predicted molar refractivity (Wildman–Crippen MR) is 103 cm³/mol. The van der Waals surface area contributed by atoms with Crippen LogP contribution in [0.3, 0.4) is 0 Å². The van der Waals surface area contributed by atoms with Crippen LogP contribution in [0.25, 0.3) is 5.69 Å². The summed E-state index contributed by atoms with van der Waals surface area (Å²) in [5.41, 5.74) is 2.00. The van der Waals surface area contributed by atoms with Crippen LogP contribution in [0.5, 0.6) is 0 Å². The maximum Gasteiger partial charge on any atom is 0.292 e. The average molecular weight is 383 g/mol. The number of para-hydroxylation sites is 3. The molecule has 0 aliphatic heterocycles. The molecule has 1 heterocycles. The van der Waals surface area contributed by atoms with Crippen molar-refractivity contribution in [2.24, 2.45) is 0 Å². The van der Waals surface area contributed by atoms with Crippen molar-refractivity contribution in [2.45, 2.75) is 24.3 Å². The van der Waals surface area contributed by atoms with Crippen molar-refractivity contribution >= 4 is 29.0 Å². The lowest BCUT2D eigenvalue weighted by molar-refractivity contribution is -0.383. The summed E-state index contributed by atoms with van der Waals surface area (Å²) in [7, 11) is 0.